The first-order valence-corrected chi connectivity index (χ1v) is 8.99. The van der Waals surface area contributed by atoms with Gasteiger partial charge in [-0.15, -0.1) is 12.4 Å². The highest BCUT2D eigenvalue weighted by atomic mass is 79.9. The van der Waals surface area contributed by atoms with Gasteiger partial charge in [0.2, 0.25) is 5.91 Å². The second-order valence-electron chi connectivity index (χ2n) is 6.24. The molecule has 23 heavy (non-hydrogen) atoms. The van der Waals surface area contributed by atoms with Crippen LogP contribution in [0.15, 0.2) is 28.7 Å². The SMILES string of the molecule is Cl.O=C(NCCCN1CCNCC1)C1CC1c1cccc(Br)c1. The van der Waals surface area contributed by atoms with Gasteiger partial charge in [-0.05, 0) is 43.0 Å². The summed E-state index contributed by atoms with van der Waals surface area (Å²) >= 11 is 3.49. The zero-order valence-corrected chi connectivity index (χ0v) is 15.7. The molecular formula is C17H25BrClN3O. The van der Waals surface area contributed by atoms with Crippen molar-refractivity contribution in [3.63, 3.8) is 0 Å². The Morgan fingerprint density at radius 1 is 1.35 bits per heavy atom. The van der Waals surface area contributed by atoms with Crippen LogP contribution in [0.2, 0.25) is 0 Å². The van der Waals surface area contributed by atoms with Crippen LogP contribution >= 0.6 is 28.3 Å². The minimum atomic E-state index is 0. The number of piperazine rings is 1. The van der Waals surface area contributed by atoms with Crippen LogP contribution in [0.25, 0.3) is 0 Å². The molecule has 1 aliphatic heterocycles. The number of carbonyl (C=O) groups is 1. The van der Waals surface area contributed by atoms with Crippen LogP contribution in [0.4, 0.5) is 0 Å². The van der Waals surface area contributed by atoms with Gasteiger partial charge in [-0.2, -0.15) is 0 Å². The Labute approximate surface area is 152 Å². The van der Waals surface area contributed by atoms with Gasteiger partial charge in [0.05, 0.1) is 0 Å². The molecule has 0 radical (unpaired) electrons. The quantitative estimate of drug-likeness (QED) is 0.718. The first kappa shape index (κ1) is 18.7. The Balaban J connectivity index is 0.00000192. The number of nitrogens with one attached hydrogen (secondary N) is 2. The minimum absolute atomic E-state index is 0. The summed E-state index contributed by atoms with van der Waals surface area (Å²) in [5.74, 6) is 0.810. The van der Waals surface area contributed by atoms with Crippen molar-refractivity contribution in [2.24, 2.45) is 5.92 Å². The van der Waals surface area contributed by atoms with Crippen molar-refractivity contribution in [1.82, 2.24) is 15.5 Å². The maximum atomic E-state index is 12.2. The van der Waals surface area contributed by atoms with E-state index in [4.69, 9.17) is 0 Å². The van der Waals surface area contributed by atoms with E-state index in [1.165, 1.54) is 5.56 Å². The molecule has 2 N–H and O–H groups in total. The molecule has 1 heterocycles. The van der Waals surface area contributed by atoms with Crippen molar-refractivity contribution >= 4 is 34.2 Å². The highest BCUT2D eigenvalue weighted by Crippen LogP contribution is 2.47. The van der Waals surface area contributed by atoms with Gasteiger partial charge in [0, 0.05) is 43.1 Å². The van der Waals surface area contributed by atoms with Crippen molar-refractivity contribution in [3.8, 4) is 0 Å². The summed E-state index contributed by atoms with van der Waals surface area (Å²) in [7, 11) is 0. The highest BCUT2D eigenvalue weighted by Gasteiger charge is 2.43. The largest absolute Gasteiger partial charge is 0.356 e. The third-order valence-electron chi connectivity index (χ3n) is 4.56. The number of halogens is 2. The zero-order valence-electron chi connectivity index (χ0n) is 13.3. The molecule has 1 aliphatic carbocycles. The number of benzene rings is 1. The van der Waals surface area contributed by atoms with E-state index in [9.17, 15) is 4.79 Å². The number of nitrogens with zero attached hydrogens (tertiary/aromatic N) is 1. The first-order valence-electron chi connectivity index (χ1n) is 8.20. The maximum absolute atomic E-state index is 12.2. The second-order valence-corrected chi connectivity index (χ2v) is 7.16. The van der Waals surface area contributed by atoms with Crippen molar-refractivity contribution in [2.75, 3.05) is 39.3 Å². The topological polar surface area (TPSA) is 44.4 Å². The molecule has 1 saturated carbocycles. The van der Waals surface area contributed by atoms with E-state index < -0.39 is 0 Å². The fourth-order valence-corrected chi connectivity index (χ4v) is 3.59. The molecule has 2 unspecified atom stereocenters. The Kier molecular flexibility index (Phi) is 7.34. The third kappa shape index (κ3) is 5.45. The van der Waals surface area contributed by atoms with Crippen LogP contribution in [0.1, 0.15) is 24.3 Å². The van der Waals surface area contributed by atoms with Crippen LogP contribution in [0.5, 0.6) is 0 Å². The summed E-state index contributed by atoms with van der Waals surface area (Å²) < 4.78 is 1.09. The lowest BCUT2D eigenvalue weighted by Crippen LogP contribution is -2.44. The van der Waals surface area contributed by atoms with Crippen molar-refractivity contribution in [2.45, 2.75) is 18.8 Å². The fourth-order valence-electron chi connectivity index (χ4n) is 3.17. The Morgan fingerprint density at radius 2 is 2.13 bits per heavy atom. The number of amides is 1. The highest BCUT2D eigenvalue weighted by molar-refractivity contribution is 9.10. The lowest BCUT2D eigenvalue weighted by molar-refractivity contribution is -0.122. The van der Waals surface area contributed by atoms with E-state index in [0.717, 1.165) is 56.6 Å². The molecule has 3 rings (SSSR count). The molecule has 1 aromatic carbocycles. The van der Waals surface area contributed by atoms with Crippen LogP contribution in [-0.4, -0.2) is 50.1 Å². The molecule has 6 heteroatoms. The fraction of sp³-hybridized carbons (Fsp3) is 0.588. The molecule has 2 aliphatic rings. The summed E-state index contributed by atoms with van der Waals surface area (Å²) in [5, 5.41) is 6.46. The average molecular weight is 403 g/mol. The lowest BCUT2D eigenvalue weighted by atomic mass is 10.1. The van der Waals surface area contributed by atoms with Gasteiger partial charge in [-0.25, -0.2) is 0 Å². The molecule has 128 valence electrons. The van der Waals surface area contributed by atoms with E-state index in [-0.39, 0.29) is 24.2 Å². The smallest absolute Gasteiger partial charge is 0.223 e. The van der Waals surface area contributed by atoms with Gasteiger partial charge >= 0.3 is 0 Å². The number of hydrogen-bond acceptors (Lipinski definition) is 3. The minimum Gasteiger partial charge on any atom is -0.356 e. The van der Waals surface area contributed by atoms with E-state index in [2.05, 4.69) is 43.6 Å². The predicted molar refractivity (Wildman–Crippen MR) is 99.2 cm³/mol. The van der Waals surface area contributed by atoms with Gasteiger partial charge < -0.3 is 15.5 Å². The standard InChI is InChI=1S/C17H24BrN3O.ClH/c18-14-4-1-3-13(11-14)15-12-16(15)17(22)20-5-2-8-21-9-6-19-7-10-21;/h1,3-4,11,15-16,19H,2,5-10,12H2,(H,20,22);1H. The molecule has 4 nitrogen and oxygen atoms in total. The Hall–Kier alpha value is -0.620. The van der Waals surface area contributed by atoms with Crippen molar-refractivity contribution in [1.29, 1.82) is 0 Å². The maximum Gasteiger partial charge on any atom is 0.223 e. The van der Waals surface area contributed by atoms with E-state index in [0.29, 0.717) is 5.92 Å². The van der Waals surface area contributed by atoms with Gasteiger partial charge in [0.25, 0.3) is 0 Å². The molecule has 0 bridgehead atoms. The lowest BCUT2D eigenvalue weighted by Gasteiger charge is -2.27. The third-order valence-corrected chi connectivity index (χ3v) is 5.06. The van der Waals surface area contributed by atoms with Crippen LogP contribution in [0, 0.1) is 5.92 Å². The van der Waals surface area contributed by atoms with Gasteiger partial charge in [-0.3, -0.25) is 4.79 Å². The molecule has 1 saturated heterocycles. The van der Waals surface area contributed by atoms with Crippen LogP contribution < -0.4 is 10.6 Å². The summed E-state index contributed by atoms with van der Waals surface area (Å²) in [4.78, 5) is 14.6. The molecule has 2 atom stereocenters. The molecule has 1 aromatic rings. The van der Waals surface area contributed by atoms with Gasteiger partial charge in [-0.1, -0.05) is 28.1 Å². The summed E-state index contributed by atoms with van der Waals surface area (Å²) in [6, 6.07) is 8.31. The van der Waals surface area contributed by atoms with Crippen LogP contribution in [0.3, 0.4) is 0 Å². The monoisotopic (exact) mass is 401 g/mol. The number of hydrogen-bond donors (Lipinski definition) is 2. The second kappa shape index (κ2) is 9.02. The first-order chi connectivity index (χ1) is 10.7. The van der Waals surface area contributed by atoms with E-state index in [1.807, 2.05) is 12.1 Å². The van der Waals surface area contributed by atoms with Crippen molar-refractivity contribution in [3.05, 3.63) is 34.3 Å². The molecule has 2 fully saturated rings. The normalized spacial score (nSPS) is 23.9. The average Bonchev–Trinajstić information content (AvgIpc) is 3.33. The molecule has 1 amide bonds. The zero-order chi connectivity index (χ0) is 15.4. The Morgan fingerprint density at radius 3 is 2.87 bits per heavy atom. The molecule has 0 spiro atoms. The molecular weight excluding hydrogens is 378 g/mol. The van der Waals surface area contributed by atoms with Gasteiger partial charge in [0.1, 0.15) is 0 Å². The van der Waals surface area contributed by atoms with E-state index >= 15 is 0 Å². The van der Waals surface area contributed by atoms with Gasteiger partial charge in [0.15, 0.2) is 0 Å². The van der Waals surface area contributed by atoms with Crippen molar-refractivity contribution < 1.29 is 4.79 Å². The number of rotatable bonds is 6. The predicted octanol–water partition coefficient (Wildman–Crippen LogP) is 2.39. The summed E-state index contributed by atoms with van der Waals surface area (Å²) in [5.41, 5.74) is 1.27. The Bertz CT molecular complexity index is 522. The summed E-state index contributed by atoms with van der Waals surface area (Å²) in [6.07, 6.45) is 2.03. The van der Waals surface area contributed by atoms with E-state index in [1.54, 1.807) is 0 Å². The molecule has 0 aromatic heterocycles. The summed E-state index contributed by atoms with van der Waals surface area (Å²) in [6.45, 7) is 6.31. The van der Waals surface area contributed by atoms with Crippen LogP contribution in [-0.2, 0) is 4.79 Å². The number of carbonyl (C=O) groups excluding carboxylic acids is 1.